The van der Waals surface area contributed by atoms with Crippen molar-refractivity contribution < 1.29 is 14.3 Å². The molecule has 1 aliphatic carbocycles. The van der Waals surface area contributed by atoms with Gasteiger partial charge in [-0.2, -0.15) is 0 Å². The lowest BCUT2D eigenvalue weighted by molar-refractivity contribution is -0.142. The van der Waals surface area contributed by atoms with E-state index in [1.165, 1.54) is 29.0 Å². The zero-order chi connectivity index (χ0) is 12.0. The predicted molar refractivity (Wildman–Crippen MR) is 64.9 cm³/mol. The quantitative estimate of drug-likeness (QED) is 0.843. The summed E-state index contributed by atoms with van der Waals surface area (Å²) in [5.74, 6) is -1.23. The first-order valence-corrected chi connectivity index (χ1v) is 6.39. The molecule has 1 heterocycles. The molecule has 17 heavy (non-hydrogen) atoms. The Kier molecular flexibility index (Phi) is 2.40. The normalized spacial score (nSPS) is 19.2. The second-order valence-corrected chi connectivity index (χ2v) is 5.56. The van der Waals surface area contributed by atoms with Crippen molar-refractivity contribution in [2.24, 2.45) is 5.92 Å². The zero-order valence-corrected chi connectivity index (χ0v) is 9.89. The lowest BCUT2D eigenvalue weighted by atomic mass is 9.88. The van der Waals surface area contributed by atoms with Gasteiger partial charge >= 0.3 is 5.97 Å². The molecule has 0 fully saturated rings. The van der Waals surface area contributed by atoms with Crippen LogP contribution in [0.4, 0.5) is 4.39 Å². The van der Waals surface area contributed by atoms with Gasteiger partial charge in [0.05, 0.1) is 5.92 Å². The lowest BCUT2D eigenvalue weighted by Gasteiger charge is -2.18. The third-order valence-corrected chi connectivity index (χ3v) is 4.58. The number of halogens is 1. The number of carbonyl (C=O) groups is 1. The van der Waals surface area contributed by atoms with Crippen molar-refractivity contribution >= 4 is 27.4 Å². The largest absolute Gasteiger partial charge is 0.481 e. The van der Waals surface area contributed by atoms with Crippen LogP contribution in [0.5, 0.6) is 0 Å². The van der Waals surface area contributed by atoms with Gasteiger partial charge in [-0.25, -0.2) is 4.39 Å². The highest BCUT2D eigenvalue weighted by Crippen LogP contribution is 2.38. The molecule has 0 amide bonds. The molecular weight excluding hydrogens is 239 g/mol. The van der Waals surface area contributed by atoms with Crippen LogP contribution in [-0.2, 0) is 17.6 Å². The molecule has 1 aromatic heterocycles. The molecule has 88 valence electrons. The summed E-state index contributed by atoms with van der Waals surface area (Å²) in [6.07, 6.45) is 2.06. The number of fused-ring (bicyclic) bond motifs is 3. The number of rotatable bonds is 1. The van der Waals surface area contributed by atoms with Crippen molar-refractivity contribution in [2.75, 3.05) is 0 Å². The van der Waals surface area contributed by atoms with Gasteiger partial charge in [-0.15, -0.1) is 11.3 Å². The van der Waals surface area contributed by atoms with Crippen molar-refractivity contribution in [2.45, 2.75) is 19.3 Å². The molecule has 4 heteroatoms. The summed E-state index contributed by atoms with van der Waals surface area (Å²) >= 11 is 1.53. The van der Waals surface area contributed by atoms with Gasteiger partial charge in [0, 0.05) is 9.58 Å². The Hall–Kier alpha value is -1.42. The molecule has 1 atom stereocenters. The average molecular weight is 250 g/mol. The molecule has 0 radical (unpaired) electrons. The number of hydrogen-bond acceptors (Lipinski definition) is 2. The summed E-state index contributed by atoms with van der Waals surface area (Å²) in [5.41, 5.74) is 1.22. The number of benzene rings is 1. The van der Waals surface area contributed by atoms with E-state index in [0.717, 1.165) is 21.4 Å². The van der Waals surface area contributed by atoms with Crippen molar-refractivity contribution in [3.8, 4) is 0 Å². The van der Waals surface area contributed by atoms with E-state index in [4.69, 9.17) is 5.11 Å². The van der Waals surface area contributed by atoms with Crippen LogP contribution in [0.1, 0.15) is 16.9 Å². The third kappa shape index (κ3) is 1.72. The maximum absolute atomic E-state index is 13.1. The number of aliphatic carboxylic acids is 1. The van der Waals surface area contributed by atoms with Crippen molar-refractivity contribution in [1.29, 1.82) is 0 Å². The van der Waals surface area contributed by atoms with Gasteiger partial charge < -0.3 is 5.11 Å². The van der Waals surface area contributed by atoms with Crippen LogP contribution in [0.15, 0.2) is 18.2 Å². The van der Waals surface area contributed by atoms with E-state index < -0.39 is 5.97 Å². The second-order valence-electron chi connectivity index (χ2n) is 4.42. The first-order chi connectivity index (χ1) is 8.15. The monoisotopic (exact) mass is 250 g/mol. The van der Waals surface area contributed by atoms with Crippen LogP contribution in [0.2, 0.25) is 0 Å². The molecule has 0 saturated heterocycles. The summed E-state index contributed by atoms with van der Waals surface area (Å²) < 4.78 is 14.1. The number of carboxylic acids is 1. The van der Waals surface area contributed by atoms with E-state index in [1.54, 1.807) is 6.07 Å². The van der Waals surface area contributed by atoms with Gasteiger partial charge in [-0.3, -0.25) is 4.79 Å². The minimum Gasteiger partial charge on any atom is -0.481 e. The molecule has 0 aliphatic heterocycles. The van der Waals surface area contributed by atoms with Gasteiger partial charge in [0.25, 0.3) is 0 Å². The Bertz CT molecular complexity index is 603. The lowest BCUT2D eigenvalue weighted by Crippen LogP contribution is -2.20. The summed E-state index contributed by atoms with van der Waals surface area (Å²) in [7, 11) is 0. The molecule has 1 aromatic carbocycles. The zero-order valence-electron chi connectivity index (χ0n) is 9.07. The molecule has 0 saturated carbocycles. The standard InChI is InChI=1S/C13H11FO2S/c14-8-2-4-10-9-3-1-7(13(15)16)5-11(9)17-12(10)6-8/h2,4,6-7H,1,3,5H2,(H,15,16)/t7-/m0/s1. The van der Waals surface area contributed by atoms with Gasteiger partial charge in [0.2, 0.25) is 0 Å². The van der Waals surface area contributed by atoms with Crippen LogP contribution in [0, 0.1) is 11.7 Å². The van der Waals surface area contributed by atoms with Gasteiger partial charge in [0.1, 0.15) is 5.82 Å². The van der Waals surface area contributed by atoms with E-state index in [0.29, 0.717) is 12.8 Å². The van der Waals surface area contributed by atoms with E-state index in [2.05, 4.69) is 0 Å². The molecule has 0 spiro atoms. The van der Waals surface area contributed by atoms with Crippen molar-refractivity contribution in [1.82, 2.24) is 0 Å². The Morgan fingerprint density at radius 2 is 2.29 bits per heavy atom. The van der Waals surface area contributed by atoms with Crippen LogP contribution >= 0.6 is 11.3 Å². The number of aryl methyl sites for hydroxylation is 1. The summed E-state index contributed by atoms with van der Waals surface area (Å²) in [5, 5.41) is 10.1. The number of hydrogen-bond donors (Lipinski definition) is 1. The van der Waals surface area contributed by atoms with Crippen molar-refractivity contribution in [3.05, 3.63) is 34.5 Å². The maximum Gasteiger partial charge on any atom is 0.306 e. The minimum atomic E-state index is -0.723. The summed E-state index contributed by atoms with van der Waals surface area (Å²) in [6.45, 7) is 0. The molecule has 1 aliphatic rings. The SMILES string of the molecule is O=C(O)[C@H]1CCc2c(sc3cc(F)ccc23)C1. The fourth-order valence-corrected chi connectivity index (χ4v) is 3.83. The van der Waals surface area contributed by atoms with E-state index in [9.17, 15) is 9.18 Å². The van der Waals surface area contributed by atoms with Crippen LogP contribution < -0.4 is 0 Å². The highest BCUT2D eigenvalue weighted by atomic mass is 32.1. The van der Waals surface area contributed by atoms with Gasteiger partial charge in [0.15, 0.2) is 0 Å². The smallest absolute Gasteiger partial charge is 0.306 e. The second kappa shape index (κ2) is 3.81. The summed E-state index contributed by atoms with van der Waals surface area (Å²) in [6, 6.07) is 4.81. The number of carboxylic acid groups (broad SMARTS) is 1. The Balaban J connectivity index is 2.09. The summed E-state index contributed by atoms with van der Waals surface area (Å²) in [4.78, 5) is 12.1. The average Bonchev–Trinajstić information content (AvgIpc) is 2.64. The molecule has 2 nitrogen and oxygen atoms in total. The Labute approximate surface area is 102 Å². The fraction of sp³-hybridized carbons (Fsp3) is 0.308. The van der Waals surface area contributed by atoms with Crippen LogP contribution in [0.25, 0.3) is 10.1 Å². The fourth-order valence-electron chi connectivity index (χ4n) is 2.47. The number of thiophene rings is 1. The molecule has 0 bridgehead atoms. The topological polar surface area (TPSA) is 37.3 Å². The first kappa shape index (κ1) is 10.7. The molecular formula is C13H11FO2S. The Morgan fingerprint density at radius 3 is 3.06 bits per heavy atom. The molecule has 3 rings (SSSR count). The molecule has 0 unspecified atom stereocenters. The van der Waals surface area contributed by atoms with Crippen molar-refractivity contribution in [3.63, 3.8) is 0 Å². The Morgan fingerprint density at radius 1 is 1.47 bits per heavy atom. The minimum absolute atomic E-state index is 0.231. The van der Waals surface area contributed by atoms with E-state index in [-0.39, 0.29) is 11.7 Å². The first-order valence-electron chi connectivity index (χ1n) is 5.58. The molecule has 2 aromatic rings. The van der Waals surface area contributed by atoms with Crippen LogP contribution in [-0.4, -0.2) is 11.1 Å². The third-order valence-electron chi connectivity index (χ3n) is 3.36. The highest BCUT2D eigenvalue weighted by molar-refractivity contribution is 7.19. The van der Waals surface area contributed by atoms with E-state index in [1.807, 2.05) is 0 Å². The van der Waals surface area contributed by atoms with Gasteiger partial charge in [-0.1, -0.05) is 6.07 Å². The van der Waals surface area contributed by atoms with Gasteiger partial charge in [-0.05, 0) is 42.3 Å². The molecule has 1 N–H and O–H groups in total. The predicted octanol–water partition coefficient (Wildman–Crippen LogP) is 3.23. The van der Waals surface area contributed by atoms with E-state index >= 15 is 0 Å². The maximum atomic E-state index is 13.1. The highest BCUT2D eigenvalue weighted by Gasteiger charge is 2.27. The van der Waals surface area contributed by atoms with Crippen LogP contribution in [0.3, 0.4) is 0 Å².